The van der Waals surface area contributed by atoms with Crippen LogP contribution in [0, 0.1) is 0 Å². The molecule has 1 atom stereocenters. The zero-order valence-electron chi connectivity index (χ0n) is 12.2. The van der Waals surface area contributed by atoms with E-state index in [0.717, 1.165) is 39.2 Å². The van der Waals surface area contributed by atoms with Gasteiger partial charge < -0.3 is 10.1 Å². The Bertz CT molecular complexity index is 368. The molecule has 1 aliphatic rings. The van der Waals surface area contributed by atoms with Crippen molar-refractivity contribution in [2.75, 3.05) is 39.9 Å². The summed E-state index contributed by atoms with van der Waals surface area (Å²) in [6.45, 7) is 7.61. The molecular weight excluding hydrogens is 236 g/mol. The van der Waals surface area contributed by atoms with Gasteiger partial charge in [-0.2, -0.15) is 0 Å². The highest BCUT2D eigenvalue weighted by Crippen LogP contribution is 2.29. The standard InChI is InChI=1S/C16H26N2O/c1-16(15-8-4-3-5-9-15)14-17-10-12-18(16)11-6-7-13-19-2/h3-5,8-9,17H,6-7,10-14H2,1-2H3. The van der Waals surface area contributed by atoms with Gasteiger partial charge in [0.05, 0.1) is 5.54 Å². The number of hydrogen-bond donors (Lipinski definition) is 1. The van der Waals surface area contributed by atoms with Crippen LogP contribution >= 0.6 is 0 Å². The lowest BCUT2D eigenvalue weighted by molar-refractivity contribution is 0.0682. The van der Waals surface area contributed by atoms with E-state index in [4.69, 9.17) is 4.74 Å². The monoisotopic (exact) mass is 262 g/mol. The second-order valence-electron chi connectivity index (χ2n) is 5.50. The van der Waals surface area contributed by atoms with Crippen molar-refractivity contribution in [3.8, 4) is 0 Å². The lowest BCUT2D eigenvalue weighted by Gasteiger charge is -2.46. The van der Waals surface area contributed by atoms with Gasteiger partial charge in [0.25, 0.3) is 0 Å². The summed E-state index contributed by atoms with van der Waals surface area (Å²) in [4.78, 5) is 2.62. The second kappa shape index (κ2) is 7.04. The molecule has 2 rings (SSSR count). The van der Waals surface area contributed by atoms with Crippen LogP contribution in [-0.2, 0) is 10.3 Å². The highest BCUT2D eigenvalue weighted by molar-refractivity contribution is 5.25. The van der Waals surface area contributed by atoms with E-state index in [9.17, 15) is 0 Å². The minimum atomic E-state index is 0.118. The van der Waals surface area contributed by atoms with E-state index in [-0.39, 0.29) is 5.54 Å². The van der Waals surface area contributed by atoms with E-state index >= 15 is 0 Å². The number of nitrogens with one attached hydrogen (secondary N) is 1. The Morgan fingerprint density at radius 1 is 1.26 bits per heavy atom. The van der Waals surface area contributed by atoms with Crippen LogP contribution in [-0.4, -0.2) is 44.8 Å². The molecule has 1 aromatic carbocycles. The van der Waals surface area contributed by atoms with E-state index in [1.165, 1.54) is 12.0 Å². The fraction of sp³-hybridized carbons (Fsp3) is 0.625. The van der Waals surface area contributed by atoms with E-state index in [1.807, 2.05) is 0 Å². The summed E-state index contributed by atoms with van der Waals surface area (Å²) in [5.41, 5.74) is 1.53. The SMILES string of the molecule is COCCCCN1CCNCC1(C)c1ccccc1. The van der Waals surface area contributed by atoms with Crippen LogP contribution in [0.5, 0.6) is 0 Å². The van der Waals surface area contributed by atoms with Crippen molar-refractivity contribution < 1.29 is 4.74 Å². The van der Waals surface area contributed by atoms with Gasteiger partial charge in [-0.25, -0.2) is 0 Å². The molecule has 0 radical (unpaired) electrons. The molecule has 3 nitrogen and oxygen atoms in total. The van der Waals surface area contributed by atoms with Gasteiger partial charge in [-0.3, -0.25) is 4.90 Å². The zero-order chi connectivity index (χ0) is 13.6. The molecule has 0 aliphatic carbocycles. The van der Waals surface area contributed by atoms with Crippen LogP contribution in [0.4, 0.5) is 0 Å². The minimum absolute atomic E-state index is 0.118. The van der Waals surface area contributed by atoms with Gasteiger partial charge in [-0.1, -0.05) is 30.3 Å². The van der Waals surface area contributed by atoms with E-state index in [0.29, 0.717) is 0 Å². The molecule has 1 unspecified atom stereocenters. The van der Waals surface area contributed by atoms with E-state index < -0.39 is 0 Å². The first-order valence-electron chi connectivity index (χ1n) is 7.27. The van der Waals surface area contributed by atoms with Gasteiger partial charge >= 0.3 is 0 Å². The number of piperazine rings is 1. The first-order chi connectivity index (χ1) is 9.27. The molecule has 3 heteroatoms. The fourth-order valence-electron chi connectivity index (χ4n) is 2.89. The molecule has 1 heterocycles. The third kappa shape index (κ3) is 3.56. The molecular formula is C16H26N2O. The summed E-state index contributed by atoms with van der Waals surface area (Å²) in [6.07, 6.45) is 2.35. The molecule has 1 aliphatic heterocycles. The highest BCUT2D eigenvalue weighted by Gasteiger charge is 2.35. The van der Waals surface area contributed by atoms with Gasteiger partial charge in [0.15, 0.2) is 0 Å². The molecule has 19 heavy (non-hydrogen) atoms. The first kappa shape index (κ1) is 14.5. The Kier molecular flexibility index (Phi) is 5.37. The maximum absolute atomic E-state index is 5.14. The predicted molar refractivity (Wildman–Crippen MR) is 79.3 cm³/mol. The van der Waals surface area contributed by atoms with Crippen molar-refractivity contribution in [2.45, 2.75) is 25.3 Å². The molecule has 106 valence electrons. The van der Waals surface area contributed by atoms with Crippen LogP contribution < -0.4 is 5.32 Å². The molecule has 1 fully saturated rings. The number of benzene rings is 1. The van der Waals surface area contributed by atoms with Crippen LogP contribution in [0.25, 0.3) is 0 Å². The van der Waals surface area contributed by atoms with Crippen molar-refractivity contribution in [3.63, 3.8) is 0 Å². The molecule has 0 bridgehead atoms. The zero-order valence-corrected chi connectivity index (χ0v) is 12.2. The van der Waals surface area contributed by atoms with Gasteiger partial charge in [0, 0.05) is 33.4 Å². The predicted octanol–water partition coefficient (Wildman–Crippen LogP) is 2.23. The Balaban J connectivity index is 2.02. The lowest BCUT2D eigenvalue weighted by Crippen LogP contribution is -2.57. The maximum Gasteiger partial charge on any atom is 0.0557 e. The van der Waals surface area contributed by atoms with Crippen LogP contribution in [0.15, 0.2) is 30.3 Å². The van der Waals surface area contributed by atoms with Gasteiger partial charge in [0.1, 0.15) is 0 Å². The van der Waals surface area contributed by atoms with Crippen molar-refractivity contribution >= 4 is 0 Å². The normalized spacial score (nSPS) is 24.5. The van der Waals surface area contributed by atoms with Crippen LogP contribution in [0.3, 0.4) is 0 Å². The first-order valence-corrected chi connectivity index (χ1v) is 7.27. The van der Waals surface area contributed by atoms with Crippen molar-refractivity contribution in [2.24, 2.45) is 0 Å². The molecule has 1 N–H and O–H groups in total. The topological polar surface area (TPSA) is 24.5 Å². The van der Waals surface area contributed by atoms with E-state index in [1.54, 1.807) is 7.11 Å². The largest absolute Gasteiger partial charge is 0.385 e. The molecule has 0 amide bonds. The van der Waals surface area contributed by atoms with Crippen molar-refractivity contribution in [3.05, 3.63) is 35.9 Å². The average Bonchev–Trinajstić information content (AvgIpc) is 2.46. The number of nitrogens with zero attached hydrogens (tertiary/aromatic N) is 1. The fourth-order valence-corrected chi connectivity index (χ4v) is 2.89. The van der Waals surface area contributed by atoms with Crippen LogP contribution in [0.1, 0.15) is 25.3 Å². The Morgan fingerprint density at radius 3 is 2.79 bits per heavy atom. The van der Waals surface area contributed by atoms with Crippen molar-refractivity contribution in [1.29, 1.82) is 0 Å². The summed E-state index contributed by atoms with van der Waals surface area (Å²) in [5.74, 6) is 0. The summed E-state index contributed by atoms with van der Waals surface area (Å²) < 4.78 is 5.14. The lowest BCUT2D eigenvalue weighted by atomic mass is 9.88. The number of hydrogen-bond acceptors (Lipinski definition) is 3. The van der Waals surface area contributed by atoms with Gasteiger partial charge in [-0.05, 0) is 31.9 Å². The molecule has 0 saturated carbocycles. The summed E-state index contributed by atoms with van der Waals surface area (Å²) in [6, 6.07) is 10.9. The molecule has 1 aromatic rings. The average molecular weight is 262 g/mol. The second-order valence-corrected chi connectivity index (χ2v) is 5.50. The van der Waals surface area contributed by atoms with E-state index in [2.05, 4.69) is 47.5 Å². The molecule has 0 spiro atoms. The Labute approximate surface area is 116 Å². The summed E-state index contributed by atoms with van der Waals surface area (Å²) in [5, 5.41) is 3.54. The summed E-state index contributed by atoms with van der Waals surface area (Å²) in [7, 11) is 1.78. The third-order valence-electron chi connectivity index (χ3n) is 4.15. The summed E-state index contributed by atoms with van der Waals surface area (Å²) >= 11 is 0. The maximum atomic E-state index is 5.14. The van der Waals surface area contributed by atoms with Gasteiger partial charge in [-0.15, -0.1) is 0 Å². The number of unbranched alkanes of at least 4 members (excludes halogenated alkanes) is 1. The third-order valence-corrected chi connectivity index (χ3v) is 4.15. The minimum Gasteiger partial charge on any atom is -0.385 e. The Morgan fingerprint density at radius 2 is 2.05 bits per heavy atom. The van der Waals surface area contributed by atoms with Crippen molar-refractivity contribution in [1.82, 2.24) is 10.2 Å². The number of methoxy groups -OCH3 is 1. The van der Waals surface area contributed by atoms with Crippen LogP contribution in [0.2, 0.25) is 0 Å². The molecule has 1 saturated heterocycles. The number of ether oxygens (including phenoxy) is 1. The molecule has 0 aromatic heterocycles. The highest BCUT2D eigenvalue weighted by atomic mass is 16.5. The smallest absolute Gasteiger partial charge is 0.0557 e. The Hall–Kier alpha value is -0.900. The number of rotatable bonds is 6. The van der Waals surface area contributed by atoms with Gasteiger partial charge in [0.2, 0.25) is 0 Å². The quantitative estimate of drug-likeness (QED) is 0.796.